The van der Waals surface area contributed by atoms with E-state index in [1.807, 2.05) is 6.08 Å². The van der Waals surface area contributed by atoms with Gasteiger partial charge in [-0.05, 0) is 23.1 Å². The second-order valence-electron chi connectivity index (χ2n) is 5.25. The summed E-state index contributed by atoms with van der Waals surface area (Å²) < 4.78 is 0. The van der Waals surface area contributed by atoms with Crippen LogP contribution in [-0.4, -0.2) is 8.80 Å². The van der Waals surface area contributed by atoms with E-state index in [-0.39, 0.29) is 0 Å². The molecule has 0 saturated carbocycles. The Kier molecular flexibility index (Phi) is 5.00. The molecule has 0 aliphatic heterocycles. The summed E-state index contributed by atoms with van der Waals surface area (Å²) in [7, 11) is -0.805. The molecule has 0 aromatic heterocycles. The average Bonchev–Trinajstić information content (AvgIpc) is 2.20. The van der Waals surface area contributed by atoms with Crippen molar-refractivity contribution in [2.45, 2.75) is 45.2 Å². The first kappa shape index (κ1) is 13.2. The molecule has 0 nitrogen and oxygen atoms in total. The zero-order valence-electron chi connectivity index (χ0n) is 11.0. The minimum atomic E-state index is -0.805. The summed E-state index contributed by atoms with van der Waals surface area (Å²) in [5.74, 6) is 0. The zero-order valence-corrected chi connectivity index (χ0v) is 12.2. The van der Waals surface area contributed by atoms with E-state index < -0.39 is 8.80 Å². The van der Waals surface area contributed by atoms with Crippen molar-refractivity contribution in [3.05, 3.63) is 42.5 Å². The summed E-state index contributed by atoms with van der Waals surface area (Å²) in [6.45, 7) is 13.3. The van der Waals surface area contributed by atoms with Gasteiger partial charge in [-0.3, -0.25) is 0 Å². The van der Waals surface area contributed by atoms with Gasteiger partial charge in [-0.15, -0.1) is 6.58 Å². The first-order valence-corrected chi connectivity index (χ1v) is 8.17. The highest BCUT2D eigenvalue weighted by Crippen LogP contribution is 2.20. The van der Waals surface area contributed by atoms with Crippen molar-refractivity contribution < 1.29 is 0 Å². The first-order chi connectivity index (χ1) is 7.56. The molecule has 0 atom stereocenters. The van der Waals surface area contributed by atoms with Crippen LogP contribution in [0.2, 0.25) is 11.1 Å². The van der Waals surface area contributed by atoms with Crippen LogP contribution in [0.5, 0.6) is 0 Å². The smallest absolute Gasteiger partial charge is 0.0758 e. The van der Waals surface area contributed by atoms with Crippen LogP contribution in [0.15, 0.2) is 36.9 Å². The predicted octanol–water partition coefficient (Wildman–Crippen LogP) is 3.67. The molecule has 0 N–H and O–H groups in total. The van der Waals surface area contributed by atoms with E-state index in [2.05, 4.69) is 58.5 Å². The van der Waals surface area contributed by atoms with Gasteiger partial charge in [-0.2, -0.15) is 0 Å². The first-order valence-electron chi connectivity index (χ1n) is 6.26. The van der Waals surface area contributed by atoms with Crippen LogP contribution in [0.25, 0.3) is 0 Å². The van der Waals surface area contributed by atoms with Crippen LogP contribution >= 0.6 is 0 Å². The number of allylic oxidation sites excluding steroid dienone is 1. The van der Waals surface area contributed by atoms with Crippen molar-refractivity contribution in [1.29, 1.82) is 0 Å². The molecule has 88 valence electrons. The highest BCUT2D eigenvalue weighted by atomic mass is 28.3. The largest absolute Gasteiger partial charge is 0.103 e. The fourth-order valence-corrected chi connectivity index (χ4v) is 6.30. The minimum Gasteiger partial charge on any atom is -0.103 e. The van der Waals surface area contributed by atoms with Crippen molar-refractivity contribution >= 4 is 14.0 Å². The summed E-state index contributed by atoms with van der Waals surface area (Å²) in [5.41, 5.74) is 3.05. The van der Waals surface area contributed by atoms with Crippen molar-refractivity contribution in [3.8, 4) is 0 Å². The third-order valence-corrected chi connectivity index (χ3v) is 7.21. The van der Waals surface area contributed by atoms with Crippen molar-refractivity contribution in [1.82, 2.24) is 0 Å². The summed E-state index contributed by atoms with van der Waals surface area (Å²) >= 11 is 0. The summed E-state index contributed by atoms with van der Waals surface area (Å²) in [6.07, 6.45) is 2.95. The molecule has 0 unspecified atom stereocenters. The van der Waals surface area contributed by atoms with E-state index in [9.17, 15) is 0 Å². The third-order valence-electron chi connectivity index (χ3n) is 3.18. The fourth-order valence-electron chi connectivity index (χ4n) is 2.58. The number of hydrogen-bond acceptors (Lipinski definition) is 0. The maximum atomic E-state index is 3.78. The molecule has 0 fully saturated rings. The normalized spacial score (nSPS) is 11.4. The summed E-state index contributed by atoms with van der Waals surface area (Å²) in [5, 5.41) is 1.61. The van der Waals surface area contributed by atoms with E-state index in [1.165, 1.54) is 5.56 Å². The predicted molar refractivity (Wildman–Crippen MR) is 77.3 cm³/mol. The Balaban J connectivity index is 2.89. The Hall–Kier alpha value is -0.823. The second kappa shape index (κ2) is 6.05. The van der Waals surface area contributed by atoms with Gasteiger partial charge in [0.25, 0.3) is 0 Å². The molecule has 0 radical (unpaired) electrons. The standard InChI is InChI=1S/C15H24Si/c1-6-7-14-8-10-15(11-9-14)16(12(2)3)13(4)5/h6,8-13,16H,1,7H2,2-5H3. The van der Waals surface area contributed by atoms with Crippen LogP contribution in [0.1, 0.15) is 33.3 Å². The van der Waals surface area contributed by atoms with Crippen LogP contribution < -0.4 is 5.19 Å². The number of hydrogen-bond donors (Lipinski definition) is 0. The fraction of sp³-hybridized carbons (Fsp3) is 0.467. The van der Waals surface area contributed by atoms with Crippen molar-refractivity contribution in [2.75, 3.05) is 0 Å². The van der Waals surface area contributed by atoms with Crippen LogP contribution in [0, 0.1) is 0 Å². The Labute approximate surface area is 102 Å². The topological polar surface area (TPSA) is 0 Å². The van der Waals surface area contributed by atoms with Gasteiger partial charge in [0.15, 0.2) is 0 Å². The molecule has 0 aliphatic carbocycles. The molecule has 1 aromatic carbocycles. The summed E-state index contributed by atoms with van der Waals surface area (Å²) in [6, 6.07) is 9.22. The third kappa shape index (κ3) is 3.34. The second-order valence-corrected chi connectivity index (χ2v) is 9.63. The van der Waals surface area contributed by atoms with Crippen LogP contribution in [0.4, 0.5) is 0 Å². The van der Waals surface area contributed by atoms with Crippen molar-refractivity contribution in [3.63, 3.8) is 0 Å². The molecular formula is C15H24Si. The van der Waals surface area contributed by atoms with E-state index in [1.54, 1.807) is 5.19 Å². The highest BCUT2D eigenvalue weighted by molar-refractivity contribution is 6.75. The molecule has 0 amide bonds. The van der Waals surface area contributed by atoms with Gasteiger partial charge in [0.05, 0.1) is 8.80 Å². The molecule has 0 bridgehead atoms. The average molecular weight is 232 g/mol. The molecule has 16 heavy (non-hydrogen) atoms. The van der Waals surface area contributed by atoms with Gasteiger partial charge < -0.3 is 0 Å². The lowest BCUT2D eigenvalue weighted by Gasteiger charge is -2.23. The van der Waals surface area contributed by atoms with Crippen molar-refractivity contribution in [2.24, 2.45) is 0 Å². The zero-order chi connectivity index (χ0) is 12.1. The minimum absolute atomic E-state index is 0.805. The lowest BCUT2D eigenvalue weighted by atomic mass is 10.1. The van der Waals surface area contributed by atoms with Crippen LogP contribution in [0.3, 0.4) is 0 Å². The summed E-state index contributed by atoms with van der Waals surface area (Å²) in [4.78, 5) is 0. The Bertz CT molecular complexity index is 314. The molecular weight excluding hydrogens is 208 g/mol. The van der Waals surface area contributed by atoms with Gasteiger partial charge in [0.1, 0.15) is 0 Å². The molecule has 1 rings (SSSR count). The SMILES string of the molecule is C=CCc1ccc([SiH](C(C)C)C(C)C)cc1. The van der Waals surface area contributed by atoms with E-state index in [4.69, 9.17) is 0 Å². The van der Waals surface area contributed by atoms with E-state index >= 15 is 0 Å². The Morgan fingerprint density at radius 1 is 1.06 bits per heavy atom. The molecule has 0 aliphatic rings. The van der Waals surface area contributed by atoms with E-state index in [0.29, 0.717) is 0 Å². The Morgan fingerprint density at radius 2 is 1.56 bits per heavy atom. The number of rotatable bonds is 5. The Morgan fingerprint density at radius 3 is 1.94 bits per heavy atom. The van der Waals surface area contributed by atoms with Gasteiger partial charge in [0, 0.05) is 0 Å². The molecule has 1 heteroatoms. The molecule has 0 spiro atoms. The lowest BCUT2D eigenvalue weighted by Crippen LogP contribution is -2.35. The maximum Gasteiger partial charge on any atom is 0.0758 e. The van der Waals surface area contributed by atoms with Crippen LogP contribution in [-0.2, 0) is 6.42 Å². The van der Waals surface area contributed by atoms with Gasteiger partial charge >= 0.3 is 0 Å². The van der Waals surface area contributed by atoms with Gasteiger partial charge in [-0.25, -0.2) is 0 Å². The molecule has 0 saturated heterocycles. The monoisotopic (exact) mass is 232 g/mol. The lowest BCUT2D eigenvalue weighted by molar-refractivity contribution is 0.951. The quantitative estimate of drug-likeness (QED) is 0.537. The molecule has 1 aromatic rings. The maximum absolute atomic E-state index is 3.78. The highest BCUT2D eigenvalue weighted by Gasteiger charge is 2.21. The number of benzene rings is 1. The molecule has 0 heterocycles. The van der Waals surface area contributed by atoms with E-state index in [0.717, 1.165) is 17.5 Å². The van der Waals surface area contributed by atoms with Gasteiger partial charge in [-0.1, -0.05) is 63.2 Å². The van der Waals surface area contributed by atoms with Gasteiger partial charge in [0.2, 0.25) is 0 Å².